The van der Waals surface area contributed by atoms with Gasteiger partial charge in [0.05, 0.1) is 11.2 Å². The molecular weight excluding hydrogens is 410 g/mol. The molecule has 1 fully saturated rings. The zero-order chi connectivity index (χ0) is 21.9. The Morgan fingerprint density at radius 2 is 1.90 bits per heavy atom. The fourth-order valence-corrected chi connectivity index (χ4v) is 5.29. The average Bonchev–Trinajstić information content (AvgIpc) is 2.92. The minimum atomic E-state index is -3.51. The van der Waals surface area contributed by atoms with Crippen LogP contribution in [0.25, 0.3) is 11.1 Å². The molecule has 30 heavy (non-hydrogen) atoms. The second-order valence-corrected chi connectivity index (χ2v) is 9.95. The molecule has 0 bridgehead atoms. The Balaban J connectivity index is 1.91. The first-order valence-electron chi connectivity index (χ1n) is 10.0. The normalized spacial score (nSPS) is 19.2. The standard InChI is InChI=1S/C22H26F2N2O3S/c1-3-15(2)30(28,29)26-11-10-25-22(27)18(14-26)12-16-6-4-5-7-19(16)17-8-9-20(23)21(24)13-17/h4-9,13,15,18H,3,10-12,14H2,1-2H3,(H,25,27)/t15-,18-/m0/s1. The maximum Gasteiger partial charge on any atom is 0.224 e. The van der Waals surface area contributed by atoms with E-state index in [2.05, 4.69) is 5.32 Å². The molecule has 1 saturated heterocycles. The Labute approximate surface area is 176 Å². The number of nitrogens with one attached hydrogen (secondary N) is 1. The van der Waals surface area contributed by atoms with E-state index in [1.807, 2.05) is 13.0 Å². The quantitative estimate of drug-likeness (QED) is 0.755. The molecule has 0 aromatic heterocycles. The van der Waals surface area contributed by atoms with Crippen molar-refractivity contribution in [1.29, 1.82) is 0 Å². The number of halogens is 2. The molecule has 1 amide bonds. The smallest absolute Gasteiger partial charge is 0.224 e. The van der Waals surface area contributed by atoms with Gasteiger partial charge in [0.15, 0.2) is 11.6 Å². The molecular formula is C22H26F2N2O3S. The summed E-state index contributed by atoms with van der Waals surface area (Å²) in [5.41, 5.74) is 1.96. The van der Waals surface area contributed by atoms with Crippen molar-refractivity contribution in [2.75, 3.05) is 19.6 Å². The summed E-state index contributed by atoms with van der Waals surface area (Å²) in [4.78, 5) is 12.6. The van der Waals surface area contributed by atoms with E-state index in [4.69, 9.17) is 0 Å². The number of hydrogen-bond acceptors (Lipinski definition) is 3. The molecule has 0 spiro atoms. The van der Waals surface area contributed by atoms with Crippen LogP contribution in [-0.4, -0.2) is 43.5 Å². The minimum Gasteiger partial charge on any atom is -0.354 e. The van der Waals surface area contributed by atoms with E-state index >= 15 is 0 Å². The van der Waals surface area contributed by atoms with Crippen LogP contribution in [0.3, 0.4) is 0 Å². The van der Waals surface area contributed by atoms with E-state index in [1.165, 1.54) is 10.4 Å². The van der Waals surface area contributed by atoms with Gasteiger partial charge in [-0.15, -0.1) is 0 Å². The summed E-state index contributed by atoms with van der Waals surface area (Å²) in [7, 11) is -3.51. The van der Waals surface area contributed by atoms with E-state index in [0.29, 0.717) is 17.5 Å². The Kier molecular flexibility index (Phi) is 6.88. The predicted molar refractivity (Wildman–Crippen MR) is 112 cm³/mol. The monoisotopic (exact) mass is 436 g/mol. The molecule has 2 aromatic carbocycles. The number of carbonyl (C=O) groups excluding carboxylic acids is 1. The summed E-state index contributed by atoms with van der Waals surface area (Å²) in [5.74, 6) is -2.67. The molecule has 0 unspecified atom stereocenters. The number of benzene rings is 2. The molecule has 2 aromatic rings. The van der Waals surface area contributed by atoms with Crippen molar-refractivity contribution in [2.24, 2.45) is 5.92 Å². The molecule has 1 aliphatic rings. The molecule has 0 aliphatic carbocycles. The van der Waals surface area contributed by atoms with E-state index in [1.54, 1.807) is 25.1 Å². The average molecular weight is 437 g/mol. The van der Waals surface area contributed by atoms with Gasteiger partial charge in [-0.2, -0.15) is 4.31 Å². The van der Waals surface area contributed by atoms with E-state index in [0.717, 1.165) is 17.7 Å². The summed E-state index contributed by atoms with van der Waals surface area (Å²) < 4.78 is 54.2. The molecule has 0 radical (unpaired) electrons. The maximum absolute atomic E-state index is 13.8. The van der Waals surface area contributed by atoms with Gasteiger partial charge < -0.3 is 5.32 Å². The van der Waals surface area contributed by atoms with Crippen molar-refractivity contribution in [2.45, 2.75) is 31.9 Å². The van der Waals surface area contributed by atoms with Gasteiger partial charge in [0, 0.05) is 19.6 Å². The lowest BCUT2D eigenvalue weighted by atomic mass is 9.91. The highest BCUT2D eigenvalue weighted by atomic mass is 32.2. The number of amides is 1. The number of sulfonamides is 1. The molecule has 3 rings (SSSR count). The highest BCUT2D eigenvalue weighted by Crippen LogP contribution is 2.28. The van der Waals surface area contributed by atoms with Crippen LogP contribution in [0.1, 0.15) is 25.8 Å². The van der Waals surface area contributed by atoms with Gasteiger partial charge in [0.2, 0.25) is 15.9 Å². The molecule has 2 atom stereocenters. The van der Waals surface area contributed by atoms with Crippen molar-refractivity contribution in [3.8, 4) is 11.1 Å². The molecule has 162 valence electrons. The van der Waals surface area contributed by atoms with Crippen molar-refractivity contribution in [3.63, 3.8) is 0 Å². The van der Waals surface area contributed by atoms with Crippen LogP contribution in [0.15, 0.2) is 42.5 Å². The third-order valence-corrected chi connectivity index (χ3v) is 8.01. The van der Waals surface area contributed by atoms with Crippen LogP contribution in [0, 0.1) is 17.6 Å². The zero-order valence-electron chi connectivity index (χ0n) is 17.1. The SMILES string of the molecule is CC[C@H](C)S(=O)(=O)N1CCNC(=O)[C@@H](Cc2ccccc2-c2ccc(F)c(F)c2)C1. The highest BCUT2D eigenvalue weighted by Gasteiger charge is 2.34. The summed E-state index contributed by atoms with van der Waals surface area (Å²) in [6.45, 7) is 4.07. The topological polar surface area (TPSA) is 66.5 Å². The highest BCUT2D eigenvalue weighted by molar-refractivity contribution is 7.89. The lowest BCUT2D eigenvalue weighted by Crippen LogP contribution is -2.41. The zero-order valence-corrected chi connectivity index (χ0v) is 17.9. The first-order chi connectivity index (χ1) is 14.2. The van der Waals surface area contributed by atoms with Crippen LogP contribution >= 0.6 is 0 Å². The second kappa shape index (κ2) is 9.22. The predicted octanol–water partition coefficient (Wildman–Crippen LogP) is 3.35. The summed E-state index contributed by atoms with van der Waals surface area (Å²) in [6.07, 6.45) is 0.775. The van der Waals surface area contributed by atoms with E-state index in [9.17, 15) is 22.0 Å². The minimum absolute atomic E-state index is 0.0879. The van der Waals surface area contributed by atoms with Crippen molar-refractivity contribution in [1.82, 2.24) is 9.62 Å². The van der Waals surface area contributed by atoms with Crippen LogP contribution in [0.2, 0.25) is 0 Å². The van der Waals surface area contributed by atoms with E-state index in [-0.39, 0.29) is 32.0 Å². The Morgan fingerprint density at radius 1 is 1.17 bits per heavy atom. The van der Waals surface area contributed by atoms with Crippen LogP contribution in [-0.2, 0) is 21.2 Å². The van der Waals surface area contributed by atoms with E-state index < -0.39 is 32.8 Å². The Hall–Kier alpha value is -2.32. The van der Waals surface area contributed by atoms with Gasteiger partial charge in [0.1, 0.15) is 0 Å². The van der Waals surface area contributed by atoms with Crippen molar-refractivity contribution in [3.05, 3.63) is 59.7 Å². The third-order valence-electron chi connectivity index (χ3n) is 5.61. The molecule has 1 aliphatic heterocycles. The fourth-order valence-electron chi connectivity index (χ4n) is 3.63. The molecule has 0 saturated carbocycles. The molecule has 1 N–H and O–H groups in total. The van der Waals surface area contributed by atoms with Gasteiger partial charge in [-0.25, -0.2) is 17.2 Å². The summed E-state index contributed by atoms with van der Waals surface area (Å²) in [5, 5.41) is 2.27. The number of carbonyl (C=O) groups is 1. The summed E-state index contributed by atoms with van der Waals surface area (Å²) >= 11 is 0. The summed E-state index contributed by atoms with van der Waals surface area (Å²) in [6, 6.07) is 10.9. The third kappa shape index (κ3) is 4.70. The van der Waals surface area contributed by atoms with Crippen molar-refractivity contribution < 1.29 is 22.0 Å². The van der Waals surface area contributed by atoms with Crippen LogP contribution in [0.5, 0.6) is 0 Å². The first-order valence-corrected chi connectivity index (χ1v) is 11.5. The van der Waals surface area contributed by atoms with Gasteiger partial charge in [0.25, 0.3) is 0 Å². The number of nitrogens with zero attached hydrogens (tertiary/aromatic N) is 1. The fraction of sp³-hybridized carbons (Fsp3) is 0.409. The van der Waals surface area contributed by atoms with Gasteiger partial charge in [-0.1, -0.05) is 37.3 Å². The molecule has 1 heterocycles. The second-order valence-electron chi connectivity index (χ2n) is 7.60. The first kappa shape index (κ1) is 22.4. The van der Waals surface area contributed by atoms with Crippen LogP contribution < -0.4 is 5.32 Å². The van der Waals surface area contributed by atoms with Gasteiger partial charge >= 0.3 is 0 Å². The Morgan fingerprint density at radius 3 is 2.60 bits per heavy atom. The molecule has 5 nitrogen and oxygen atoms in total. The van der Waals surface area contributed by atoms with Crippen LogP contribution in [0.4, 0.5) is 8.78 Å². The van der Waals surface area contributed by atoms with Gasteiger partial charge in [-0.3, -0.25) is 4.79 Å². The largest absolute Gasteiger partial charge is 0.354 e. The number of rotatable bonds is 6. The lowest BCUT2D eigenvalue weighted by molar-refractivity contribution is -0.124. The maximum atomic E-state index is 13.8. The Bertz CT molecular complexity index is 1030. The number of hydrogen-bond donors (Lipinski definition) is 1. The molecule has 8 heteroatoms. The van der Waals surface area contributed by atoms with Gasteiger partial charge in [-0.05, 0) is 48.6 Å². The van der Waals surface area contributed by atoms with Crippen molar-refractivity contribution >= 4 is 15.9 Å². The lowest BCUT2D eigenvalue weighted by Gasteiger charge is -2.26.